The molecule has 0 aromatic heterocycles. The first-order valence-electron chi connectivity index (χ1n) is 5.98. The van der Waals surface area contributed by atoms with Crippen molar-refractivity contribution in [2.45, 2.75) is 18.6 Å². The van der Waals surface area contributed by atoms with E-state index in [1.54, 1.807) is 0 Å². The number of carbonyl (C=O) groups excluding carboxylic acids is 2. The second-order valence-electron chi connectivity index (χ2n) is 5.88. The van der Waals surface area contributed by atoms with E-state index in [1.807, 2.05) is 0 Å². The first kappa shape index (κ1) is 8.20. The SMILES string of the molecule is NN1C(=O)[C@@H]2[C@H](C1=O)[C@H]1[C@@H]3C[C@@H]3[C@H]2[C@@H]2O[C@H]21. The number of hydrogen-bond donors (Lipinski definition) is 1. The van der Waals surface area contributed by atoms with E-state index in [2.05, 4.69) is 0 Å². The van der Waals surface area contributed by atoms with E-state index in [4.69, 9.17) is 10.6 Å². The van der Waals surface area contributed by atoms with E-state index in [-0.39, 0.29) is 47.7 Å². The smallest absolute Gasteiger partial charge is 0.247 e. The van der Waals surface area contributed by atoms with Gasteiger partial charge in [0.25, 0.3) is 0 Å². The molecule has 0 unspecified atom stereocenters. The van der Waals surface area contributed by atoms with Crippen LogP contribution in [0.15, 0.2) is 0 Å². The summed E-state index contributed by atoms with van der Waals surface area (Å²) in [4.78, 5) is 24.0. The topological polar surface area (TPSA) is 75.9 Å². The Kier molecular flexibility index (Phi) is 1.06. The van der Waals surface area contributed by atoms with Gasteiger partial charge in [-0.1, -0.05) is 0 Å². The van der Waals surface area contributed by atoms with Crippen LogP contribution in [0.1, 0.15) is 6.42 Å². The maximum atomic E-state index is 12.0. The number of ether oxygens (including phenoxy) is 1. The zero-order chi connectivity index (χ0) is 10.8. The van der Waals surface area contributed by atoms with E-state index in [0.717, 1.165) is 5.01 Å². The standard InChI is InChI=1S/C11H12N2O3/c12-13-10(14)6-4-2-1-3(2)5(7(6)11(13)15)9-8(4)16-9/h2-9H,1,12H2/t2-,3+,4-,5-,6-,7+,8+,9+/m1/s1. The number of carbonyl (C=O) groups is 2. The molecule has 0 aromatic carbocycles. The van der Waals surface area contributed by atoms with E-state index in [9.17, 15) is 9.59 Å². The average Bonchev–Trinajstić information content (AvgIpc) is 3.13. The number of imide groups is 1. The second kappa shape index (κ2) is 2.07. The van der Waals surface area contributed by atoms with Crippen LogP contribution in [0.3, 0.4) is 0 Å². The predicted octanol–water partition coefficient (Wildman–Crippen LogP) is -0.876. The zero-order valence-electron chi connectivity index (χ0n) is 8.58. The first-order chi connectivity index (χ1) is 7.70. The summed E-state index contributed by atoms with van der Waals surface area (Å²) in [6, 6.07) is 0. The number of hydrogen-bond acceptors (Lipinski definition) is 4. The second-order valence-corrected chi connectivity index (χ2v) is 5.88. The number of amides is 2. The third-order valence-corrected chi connectivity index (χ3v) is 5.46. The highest BCUT2D eigenvalue weighted by atomic mass is 16.6. The number of rotatable bonds is 0. The first-order valence-corrected chi connectivity index (χ1v) is 5.98. The summed E-state index contributed by atoms with van der Waals surface area (Å²) in [6.07, 6.45) is 1.72. The third-order valence-electron chi connectivity index (χ3n) is 5.46. The van der Waals surface area contributed by atoms with Crippen molar-refractivity contribution in [1.82, 2.24) is 5.01 Å². The molecule has 2 bridgehead atoms. The Labute approximate surface area is 91.9 Å². The molecule has 2 aliphatic heterocycles. The van der Waals surface area contributed by atoms with E-state index in [0.29, 0.717) is 11.8 Å². The van der Waals surface area contributed by atoms with E-state index >= 15 is 0 Å². The minimum Gasteiger partial charge on any atom is -0.369 e. The van der Waals surface area contributed by atoms with E-state index < -0.39 is 0 Å². The Morgan fingerprint density at radius 2 is 1.56 bits per heavy atom. The molecule has 2 amide bonds. The Balaban J connectivity index is 1.70. The molecular weight excluding hydrogens is 208 g/mol. The average molecular weight is 220 g/mol. The molecule has 5 nitrogen and oxygen atoms in total. The molecule has 2 saturated heterocycles. The molecule has 0 spiro atoms. The lowest BCUT2D eigenvalue weighted by atomic mass is 9.59. The fraction of sp³-hybridized carbons (Fsp3) is 0.818. The molecule has 4 saturated carbocycles. The highest BCUT2D eigenvalue weighted by Crippen LogP contribution is 2.72. The molecule has 16 heavy (non-hydrogen) atoms. The lowest BCUT2D eigenvalue weighted by molar-refractivity contribution is -0.140. The fourth-order valence-corrected chi connectivity index (χ4v) is 4.85. The quantitative estimate of drug-likeness (QED) is 0.249. The van der Waals surface area contributed by atoms with Crippen LogP contribution in [0.4, 0.5) is 0 Å². The summed E-state index contributed by atoms with van der Waals surface area (Å²) in [5.74, 6) is 6.76. The molecule has 0 radical (unpaired) electrons. The van der Waals surface area contributed by atoms with Crippen LogP contribution in [-0.2, 0) is 14.3 Å². The largest absolute Gasteiger partial charge is 0.369 e. The van der Waals surface area contributed by atoms with Crippen molar-refractivity contribution in [3.05, 3.63) is 0 Å². The molecule has 6 aliphatic rings. The van der Waals surface area contributed by atoms with Crippen LogP contribution in [0.25, 0.3) is 0 Å². The van der Waals surface area contributed by atoms with Crippen LogP contribution in [0.5, 0.6) is 0 Å². The Morgan fingerprint density at radius 1 is 1.06 bits per heavy atom. The number of nitrogens with two attached hydrogens (primary N) is 1. The summed E-state index contributed by atoms with van der Waals surface area (Å²) < 4.78 is 5.67. The molecule has 2 N–H and O–H groups in total. The lowest BCUT2D eigenvalue weighted by Gasteiger charge is -2.39. The summed E-state index contributed by atoms with van der Waals surface area (Å²) in [5.41, 5.74) is 0. The Hall–Kier alpha value is -0.940. The van der Waals surface area contributed by atoms with Crippen molar-refractivity contribution < 1.29 is 14.3 Å². The van der Waals surface area contributed by atoms with Gasteiger partial charge in [0, 0.05) is 11.8 Å². The van der Waals surface area contributed by atoms with Gasteiger partial charge >= 0.3 is 0 Å². The van der Waals surface area contributed by atoms with Crippen molar-refractivity contribution in [3.8, 4) is 0 Å². The van der Waals surface area contributed by atoms with Gasteiger partial charge in [-0.2, -0.15) is 0 Å². The van der Waals surface area contributed by atoms with Crippen LogP contribution in [-0.4, -0.2) is 29.0 Å². The number of epoxide rings is 1. The molecule has 6 fully saturated rings. The third kappa shape index (κ3) is 0.627. The molecule has 2 heterocycles. The maximum Gasteiger partial charge on any atom is 0.247 e. The van der Waals surface area contributed by atoms with Gasteiger partial charge in [0.2, 0.25) is 11.8 Å². The van der Waals surface area contributed by atoms with Gasteiger partial charge in [-0.3, -0.25) is 9.59 Å². The van der Waals surface area contributed by atoms with Crippen molar-refractivity contribution in [1.29, 1.82) is 0 Å². The van der Waals surface area contributed by atoms with Crippen molar-refractivity contribution in [3.63, 3.8) is 0 Å². The van der Waals surface area contributed by atoms with Gasteiger partial charge in [-0.15, -0.1) is 0 Å². The molecule has 6 rings (SSSR count). The van der Waals surface area contributed by atoms with Gasteiger partial charge in [0.15, 0.2) is 0 Å². The minimum absolute atomic E-state index is 0.157. The van der Waals surface area contributed by atoms with Gasteiger partial charge < -0.3 is 4.74 Å². The summed E-state index contributed by atoms with van der Waals surface area (Å²) in [5, 5.41) is 0.866. The van der Waals surface area contributed by atoms with E-state index in [1.165, 1.54) is 6.42 Å². The Morgan fingerprint density at radius 3 is 2.06 bits per heavy atom. The van der Waals surface area contributed by atoms with Gasteiger partial charge in [-0.25, -0.2) is 10.9 Å². The molecular formula is C11H12N2O3. The summed E-state index contributed by atoms with van der Waals surface area (Å²) >= 11 is 0. The zero-order valence-corrected chi connectivity index (χ0v) is 8.58. The summed E-state index contributed by atoms with van der Waals surface area (Å²) in [7, 11) is 0. The predicted molar refractivity (Wildman–Crippen MR) is 50.3 cm³/mol. The molecule has 0 aromatic rings. The minimum atomic E-state index is -0.163. The van der Waals surface area contributed by atoms with Crippen molar-refractivity contribution >= 4 is 11.8 Å². The van der Waals surface area contributed by atoms with Crippen LogP contribution in [0.2, 0.25) is 0 Å². The number of nitrogens with zero attached hydrogens (tertiary/aromatic N) is 1. The van der Waals surface area contributed by atoms with Crippen LogP contribution in [0, 0.1) is 35.5 Å². The maximum absolute atomic E-state index is 12.0. The summed E-state index contributed by atoms with van der Waals surface area (Å²) in [6.45, 7) is 0. The Bertz CT molecular complexity index is 395. The van der Waals surface area contributed by atoms with Crippen molar-refractivity contribution in [2.24, 2.45) is 41.4 Å². The normalized spacial score (nSPS) is 64.2. The molecule has 84 valence electrons. The van der Waals surface area contributed by atoms with Gasteiger partial charge in [0.1, 0.15) is 0 Å². The van der Waals surface area contributed by atoms with Gasteiger partial charge in [0.05, 0.1) is 24.0 Å². The monoisotopic (exact) mass is 220 g/mol. The number of hydrazine groups is 1. The lowest BCUT2D eigenvalue weighted by Crippen LogP contribution is -2.48. The van der Waals surface area contributed by atoms with Gasteiger partial charge in [-0.05, 0) is 18.3 Å². The molecule has 8 atom stereocenters. The van der Waals surface area contributed by atoms with Crippen LogP contribution >= 0.6 is 0 Å². The van der Waals surface area contributed by atoms with Crippen molar-refractivity contribution in [2.75, 3.05) is 0 Å². The fourth-order valence-electron chi connectivity index (χ4n) is 4.85. The highest BCUT2D eigenvalue weighted by molar-refractivity contribution is 6.05. The molecule has 4 aliphatic carbocycles. The molecule has 5 heteroatoms. The highest BCUT2D eigenvalue weighted by Gasteiger charge is 2.79. The van der Waals surface area contributed by atoms with Crippen LogP contribution < -0.4 is 5.84 Å².